The van der Waals surface area contributed by atoms with Crippen LogP contribution in [0.3, 0.4) is 0 Å². The van der Waals surface area contributed by atoms with E-state index in [0.717, 1.165) is 63.1 Å². The Labute approximate surface area is 171 Å². The molecule has 2 saturated heterocycles. The van der Waals surface area contributed by atoms with Crippen LogP contribution in [0.2, 0.25) is 0 Å². The highest BCUT2D eigenvalue weighted by Gasteiger charge is 2.25. The smallest absolute Gasteiger partial charge is 0.319 e. The molecule has 6 heteroatoms. The first-order valence-corrected chi connectivity index (χ1v) is 10.5. The van der Waals surface area contributed by atoms with Crippen molar-refractivity contribution in [2.75, 3.05) is 36.4 Å². The van der Waals surface area contributed by atoms with Gasteiger partial charge in [0.05, 0.1) is 5.56 Å². The molecule has 0 aliphatic carbocycles. The summed E-state index contributed by atoms with van der Waals surface area (Å²) in [5.41, 5.74) is 3.35. The van der Waals surface area contributed by atoms with Crippen LogP contribution < -0.4 is 15.5 Å². The van der Waals surface area contributed by atoms with Gasteiger partial charge in [0.15, 0.2) is 0 Å². The molecule has 2 heterocycles. The Hall–Kier alpha value is -3.02. The van der Waals surface area contributed by atoms with Crippen LogP contribution in [0.5, 0.6) is 0 Å². The van der Waals surface area contributed by atoms with Gasteiger partial charge in [-0.05, 0) is 49.4 Å². The summed E-state index contributed by atoms with van der Waals surface area (Å²) >= 11 is 0. The van der Waals surface area contributed by atoms with E-state index >= 15 is 0 Å². The second kappa shape index (κ2) is 8.99. The van der Waals surface area contributed by atoms with Crippen molar-refractivity contribution in [2.24, 2.45) is 0 Å². The molecule has 0 aromatic heterocycles. The van der Waals surface area contributed by atoms with Gasteiger partial charge in [0.2, 0.25) is 0 Å². The zero-order chi connectivity index (χ0) is 20.1. The van der Waals surface area contributed by atoms with Gasteiger partial charge in [-0.3, -0.25) is 4.79 Å². The standard InChI is InChI=1S/C23H28N4O2/c28-22(27-14-6-7-15-27)20-16-19(10-11-21(20)26-12-4-5-13-26)25-23(29)24-17-18-8-2-1-3-9-18/h1-3,8-11,16H,4-7,12-15,17H2,(H2,24,25,29). The molecule has 29 heavy (non-hydrogen) atoms. The molecular formula is C23H28N4O2. The van der Waals surface area contributed by atoms with Gasteiger partial charge < -0.3 is 20.4 Å². The van der Waals surface area contributed by atoms with Crippen LogP contribution in [-0.4, -0.2) is 43.0 Å². The number of nitrogens with zero attached hydrogens (tertiary/aromatic N) is 2. The quantitative estimate of drug-likeness (QED) is 0.812. The van der Waals surface area contributed by atoms with Gasteiger partial charge in [-0.2, -0.15) is 0 Å². The van der Waals surface area contributed by atoms with Crippen molar-refractivity contribution in [3.05, 3.63) is 59.7 Å². The molecule has 0 unspecified atom stereocenters. The fourth-order valence-corrected chi connectivity index (χ4v) is 4.06. The van der Waals surface area contributed by atoms with Crippen LogP contribution in [0, 0.1) is 0 Å². The zero-order valence-corrected chi connectivity index (χ0v) is 16.7. The van der Waals surface area contributed by atoms with Crippen LogP contribution in [0.4, 0.5) is 16.2 Å². The summed E-state index contributed by atoms with van der Waals surface area (Å²) in [4.78, 5) is 29.7. The average molecular weight is 393 g/mol. The van der Waals surface area contributed by atoms with Crippen molar-refractivity contribution >= 4 is 23.3 Å². The molecule has 2 fully saturated rings. The van der Waals surface area contributed by atoms with E-state index in [9.17, 15) is 9.59 Å². The molecule has 2 aromatic rings. The normalized spacial score (nSPS) is 16.1. The number of hydrogen-bond donors (Lipinski definition) is 2. The summed E-state index contributed by atoms with van der Waals surface area (Å²) in [6.45, 7) is 4.04. The molecule has 0 saturated carbocycles. The topological polar surface area (TPSA) is 64.7 Å². The predicted molar refractivity (Wildman–Crippen MR) is 115 cm³/mol. The molecule has 2 N–H and O–H groups in total. The number of carbonyl (C=O) groups excluding carboxylic acids is 2. The number of carbonyl (C=O) groups is 2. The lowest BCUT2D eigenvalue weighted by atomic mass is 10.1. The molecule has 0 bridgehead atoms. The highest BCUT2D eigenvalue weighted by atomic mass is 16.2. The maximum absolute atomic E-state index is 13.1. The van der Waals surface area contributed by atoms with Crippen molar-refractivity contribution in [1.82, 2.24) is 10.2 Å². The number of anilines is 2. The first kappa shape index (κ1) is 19.3. The molecule has 2 aliphatic rings. The van der Waals surface area contributed by atoms with Gasteiger partial charge in [-0.15, -0.1) is 0 Å². The Morgan fingerprint density at radius 2 is 1.55 bits per heavy atom. The van der Waals surface area contributed by atoms with E-state index in [1.165, 1.54) is 0 Å². The Kier molecular flexibility index (Phi) is 5.98. The Bertz CT molecular complexity index is 856. The average Bonchev–Trinajstić information content (AvgIpc) is 3.47. The monoisotopic (exact) mass is 392 g/mol. The number of urea groups is 1. The van der Waals surface area contributed by atoms with Crippen molar-refractivity contribution in [2.45, 2.75) is 32.2 Å². The van der Waals surface area contributed by atoms with E-state index < -0.39 is 0 Å². The Morgan fingerprint density at radius 1 is 0.862 bits per heavy atom. The van der Waals surface area contributed by atoms with Gasteiger partial charge in [0.1, 0.15) is 0 Å². The molecule has 2 aromatic carbocycles. The second-order valence-corrected chi connectivity index (χ2v) is 7.72. The molecule has 3 amide bonds. The lowest BCUT2D eigenvalue weighted by Gasteiger charge is -2.24. The summed E-state index contributed by atoms with van der Waals surface area (Å²) in [6, 6.07) is 15.2. The fourth-order valence-electron chi connectivity index (χ4n) is 4.06. The van der Waals surface area contributed by atoms with E-state index in [1.54, 1.807) is 0 Å². The minimum absolute atomic E-state index is 0.0674. The summed E-state index contributed by atoms with van der Waals surface area (Å²) in [5, 5.41) is 5.74. The number of amides is 3. The van der Waals surface area contributed by atoms with Crippen LogP contribution in [0.25, 0.3) is 0 Å². The van der Waals surface area contributed by atoms with Gasteiger partial charge in [-0.25, -0.2) is 4.79 Å². The molecule has 0 spiro atoms. The van der Waals surface area contributed by atoms with Gasteiger partial charge in [0, 0.05) is 44.1 Å². The summed E-state index contributed by atoms with van der Waals surface area (Å²) in [5.74, 6) is 0.0674. The highest BCUT2D eigenvalue weighted by Crippen LogP contribution is 2.29. The van der Waals surface area contributed by atoms with Crippen LogP contribution in [0.15, 0.2) is 48.5 Å². The van der Waals surface area contributed by atoms with Crippen molar-refractivity contribution in [1.29, 1.82) is 0 Å². The third kappa shape index (κ3) is 4.70. The molecule has 152 valence electrons. The van der Waals surface area contributed by atoms with Gasteiger partial charge in [-0.1, -0.05) is 30.3 Å². The molecule has 6 nitrogen and oxygen atoms in total. The molecule has 2 aliphatic heterocycles. The van der Waals surface area contributed by atoms with E-state index in [-0.39, 0.29) is 11.9 Å². The first-order chi connectivity index (χ1) is 14.2. The van der Waals surface area contributed by atoms with Crippen LogP contribution >= 0.6 is 0 Å². The maximum Gasteiger partial charge on any atom is 0.319 e. The number of likely N-dealkylation sites (tertiary alicyclic amines) is 1. The molecular weight excluding hydrogens is 364 g/mol. The number of hydrogen-bond acceptors (Lipinski definition) is 3. The fraction of sp³-hybridized carbons (Fsp3) is 0.391. The largest absolute Gasteiger partial charge is 0.371 e. The number of rotatable bonds is 5. The van der Waals surface area contributed by atoms with E-state index in [2.05, 4.69) is 15.5 Å². The zero-order valence-electron chi connectivity index (χ0n) is 16.7. The van der Waals surface area contributed by atoms with Crippen molar-refractivity contribution in [3.8, 4) is 0 Å². The Balaban J connectivity index is 1.48. The van der Waals surface area contributed by atoms with Gasteiger partial charge >= 0.3 is 6.03 Å². The minimum atomic E-state index is -0.276. The van der Waals surface area contributed by atoms with Crippen LogP contribution in [0.1, 0.15) is 41.6 Å². The summed E-state index contributed by atoms with van der Waals surface area (Å²) < 4.78 is 0. The first-order valence-electron chi connectivity index (χ1n) is 10.5. The van der Waals surface area contributed by atoms with Crippen molar-refractivity contribution < 1.29 is 9.59 Å². The summed E-state index contributed by atoms with van der Waals surface area (Å²) in [7, 11) is 0. The van der Waals surface area contributed by atoms with E-state index in [4.69, 9.17) is 0 Å². The molecule has 0 radical (unpaired) electrons. The van der Waals surface area contributed by atoms with Crippen LogP contribution in [-0.2, 0) is 6.54 Å². The van der Waals surface area contributed by atoms with Crippen molar-refractivity contribution in [3.63, 3.8) is 0 Å². The van der Waals surface area contributed by atoms with E-state index in [0.29, 0.717) is 17.8 Å². The highest BCUT2D eigenvalue weighted by molar-refractivity contribution is 6.02. The van der Waals surface area contributed by atoms with E-state index in [1.807, 2.05) is 53.4 Å². The Morgan fingerprint density at radius 3 is 2.28 bits per heavy atom. The third-order valence-corrected chi connectivity index (χ3v) is 5.62. The number of nitrogens with one attached hydrogen (secondary N) is 2. The SMILES string of the molecule is O=C(NCc1ccccc1)Nc1ccc(N2CCCC2)c(C(=O)N2CCCC2)c1. The second-order valence-electron chi connectivity index (χ2n) is 7.72. The predicted octanol–water partition coefficient (Wildman–Crippen LogP) is 3.84. The summed E-state index contributed by atoms with van der Waals surface area (Å²) in [6.07, 6.45) is 4.42. The lowest BCUT2D eigenvalue weighted by molar-refractivity contribution is 0.0793. The maximum atomic E-state index is 13.1. The lowest BCUT2D eigenvalue weighted by Crippen LogP contribution is -2.31. The molecule has 4 rings (SSSR count). The minimum Gasteiger partial charge on any atom is -0.371 e. The number of benzene rings is 2. The third-order valence-electron chi connectivity index (χ3n) is 5.62. The van der Waals surface area contributed by atoms with Gasteiger partial charge in [0.25, 0.3) is 5.91 Å². The molecule has 0 atom stereocenters.